The van der Waals surface area contributed by atoms with Crippen molar-refractivity contribution in [3.05, 3.63) is 15.8 Å². The summed E-state index contributed by atoms with van der Waals surface area (Å²) in [4.78, 5) is 12.8. The van der Waals surface area contributed by atoms with Crippen molar-refractivity contribution in [2.75, 3.05) is 12.8 Å². The van der Waals surface area contributed by atoms with Crippen LogP contribution in [0.25, 0.3) is 0 Å². The molecule has 0 aromatic carbocycles. The van der Waals surface area contributed by atoms with Crippen molar-refractivity contribution in [2.45, 2.75) is 34.6 Å². The number of amides is 1. The number of nitrogens with two attached hydrogens (primary N) is 2. The molecule has 0 aliphatic carbocycles. The quantitative estimate of drug-likeness (QED) is 0.454. The van der Waals surface area contributed by atoms with Gasteiger partial charge < -0.3 is 5.73 Å². The normalized spacial score (nSPS) is 8.19. The molecule has 1 amide bonds. The van der Waals surface area contributed by atoms with E-state index in [4.69, 9.17) is 11.6 Å². The minimum absolute atomic E-state index is 0.245. The summed E-state index contributed by atoms with van der Waals surface area (Å²) in [5.41, 5.74) is 6.09. The first-order chi connectivity index (χ1) is 7.52. The number of hydrogen-bond donors (Lipinski definition) is 2. The molecule has 4 nitrogen and oxygen atoms in total. The molecule has 4 N–H and O–H groups in total. The van der Waals surface area contributed by atoms with Crippen LogP contribution in [0.3, 0.4) is 0 Å². The van der Waals surface area contributed by atoms with Crippen molar-refractivity contribution in [2.24, 2.45) is 5.84 Å². The zero-order valence-corrected chi connectivity index (χ0v) is 11.8. The van der Waals surface area contributed by atoms with E-state index in [1.54, 1.807) is 6.07 Å². The Labute approximate surface area is 102 Å². The first kappa shape index (κ1) is 17.3. The Balaban J connectivity index is 0. The van der Waals surface area contributed by atoms with Gasteiger partial charge >= 0.3 is 0 Å². The van der Waals surface area contributed by atoms with Gasteiger partial charge in [0.2, 0.25) is 0 Å². The third-order valence-corrected chi connectivity index (χ3v) is 2.45. The Morgan fingerprint density at radius 2 is 1.75 bits per heavy atom. The second-order valence-electron chi connectivity index (χ2n) is 2.56. The lowest BCUT2D eigenvalue weighted by Gasteiger charge is -2.07. The summed E-state index contributed by atoms with van der Waals surface area (Å²) < 4.78 is 0. The maximum atomic E-state index is 11.3. The van der Waals surface area contributed by atoms with E-state index in [0.29, 0.717) is 10.6 Å². The van der Waals surface area contributed by atoms with Crippen LogP contribution in [0.1, 0.15) is 42.2 Å². The number of carbonyl (C=O) groups excluding carboxylic acids is 1. The van der Waals surface area contributed by atoms with Crippen LogP contribution in [0, 0.1) is 6.92 Å². The van der Waals surface area contributed by atoms with Crippen molar-refractivity contribution >= 4 is 22.9 Å². The van der Waals surface area contributed by atoms with Gasteiger partial charge in [-0.15, -0.1) is 11.3 Å². The van der Waals surface area contributed by atoms with Crippen LogP contribution in [-0.4, -0.2) is 18.0 Å². The van der Waals surface area contributed by atoms with Crippen molar-refractivity contribution in [1.29, 1.82) is 0 Å². The van der Waals surface area contributed by atoms with Crippen molar-refractivity contribution in [1.82, 2.24) is 5.01 Å². The number of nitrogen functional groups attached to an aromatic ring is 1. The zero-order valence-electron chi connectivity index (χ0n) is 11.0. The molecule has 16 heavy (non-hydrogen) atoms. The Kier molecular flexibility index (Phi) is 9.94. The van der Waals surface area contributed by atoms with Crippen LogP contribution in [0.2, 0.25) is 0 Å². The highest BCUT2D eigenvalue weighted by Crippen LogP contribution is 2.24. The minimum Gasteiger partial charge on any atom is -0.397 e. The summed E-state index contributed by atoms with van der Waals surface area (Å²) in [5, 5.41) is 1.03. The molecule has 0 saturated heterocycles. The largest absolute Gasteiger partial charge is 0.397 e. The van der Waals surface area contributed by atoms with E-state index in [0.717, 1.165) is 9.89 Å². The Morgan fingerprint density at radius 3 is 2.00 bits per heavy atom. The summed E-state index contributed by atoms with van der Waals surface area (Å²) in [6.45, 7) is 9.90. The molecule has 0 aliphatic rings. The highest BCUT2D eigenvalue weighted by molar-refractivity contribution is 7.14. The fraction of sp³-hybridized carbons (Fsp3) is 0.545. The Bertz CT molecular complexity index is 308. The molecule has 0 atom stereocenters. The maximum Gasteiger partial charge on any atom is 0.279 e. The van der Waals surface area contributed by atoms with Crippen LogP contribution in [0.4, 0.5) is 5.69 Å². The minimum atomic E-state index is -0.245. The van der Waals surface area contributed by atoms with Gasteiger partial charge in [-0.05, 0) is 13.0 Å². The second kappa shape index (κ2) is 9.18. The van der Waals surface area contributed by atoms with E-state index >= 15 is 0 Å². The van der Waals surface area contributed by atoms with E-state index in [2.05, 4.69) is 0 Å². The van der Waals surface area contributed by atoms with E-state index in [1.807, 2.05) is 34.6 Å². The summed E-state index contributed by atoms with van der Waals surface area (Å²) in [6.07, 6.45) is 0. The number of aryl methyl sites for hydroxylation is 1. The molecule has 0 bridgehead atoms. The number of hydrogen-bond acceptors (Lipinski definition) is 4. The monoisotopic (exact) mass is 245 g/mol. The molecule has 1 aromatic rings. The van der Waals surface area contributed by atoms with Gasteiger partial charge in [-0.3, -0.25) is 9.80 Å². The first-order valence-corrected chi connectivity index (χ1v) is 6.22. The molecule has 1 aromatic heterocycles. The number of anilines is 1. The molecular formula is C11H23N3OS. The van der Waals surface area contributed by atoms with Gasteiger partial charge in [-0.25, -0.2) is 5.84 Å². The van der Waals surface area contributed by atoms with Crippen LogP contribution in [0.15, 0.2) is 6.07 Å². The molecule has 94 valence electrons. The average molecular weight is 245 g/mol. The van der Waals surface area contributed by atoms with Crippen molar-refractivity contribution < 1.29 is 4.79 Å². The third-order valence-electron chi connectivity index (χ3n) is 1.40. The van der Waals surface area contributed by atoms with Gasteiger partial charge in [0, 0.05) is 11.9 Å². The summed E-state index contributed by atoms with van der Waals surface area (Å²) >= 11 is 1.35. The fourth-order valence-electron chi connectivity index (χ4n) is 0.861. The molecule has 1 rings (SSSR count). The predicted molar refractivity (Wildman–Crippen MR) is 72.4 cm³/mol. The number of carbonyl (C=O) groups is 1. The van der Waals surface area contributed by atoms with E-state index in [1.165, 1.54) is 18.4 Å². The molecular weight excluding hydrogens is 222 g/mol. The SMILES string of the molecule is CC.CC.Cc1cc(N)c(C(=O)N(C)N)s1. The van der Waals surface area contributed by atoms with Crippen molar-refractivity contribution in [3.63, 3.8) is 0 Å². The molecule has 0 radical (unpaired) electrons. The lowest BCUT2D eigenvalue weighted by Crippen LogP contribution is -2.32. The predicted octanol–water partition coefficient (Wildman–Crippen LogP) is 2.64. The number of thiophene rings is 1. The van der Waals surface area contributed by atoms with E-state index < -0.39 is 0 Å². The van der Waals surface area contributed by atoms with Crippen LogP contribution in [-0.2, 0) is 0 Å². The lowest BCUT2D eigenvalue weighted by molar-refractivity contribution is 0.0801. The highest BCUT2D eigenvalue weighted by atomic mass is 32.1. The molecule has 0 unspecified atom stereocenters. The maximum absolute atomic E-state index is 11.3. The van der Waals surface area contributed by atoms with Gasteiger partial charge in [-0.2, -0.15) is 0 Å². The van der Waals surface area contributed by atoms with Crippen LogP contribution in [0.5, 0.6) is 0 Å². The van der Waals surface area contributed by atoms with Crippen molar-refractivity contribution in [3.8, 4) is 0 Å². The lowest BCUT2D eigenvalue weighted by atomic mass is 10.3. The Morgan fingerprint density at radius 1 is 1.31 bits per heavy atom. The molecule has 1 heterocycles. The van der Waals surface area contributed by atoms with Gasteiger partial charge in [0.05, 0.1) is 5.69 Å². The topological polar surface area (TPSA) is 72.4 Å². The molecule has 0 aliphatic heterocycles. The summed E-state index contributed by atoms with van der Waals surface area (Å²) in [6, 6.07) is 1.77. The Hall–Kier alpha value is -1.07. The zero-order chi connectivity index (χ0) is 13.3. The van der Waals surface area contributed by atoms with E-state index in [9.17, 15) is 4.79 Å². The van der Waals surface area contributed by atoms with Gasteiger partial charge in [0.25, 0.3) is 5.91 Å². The molecule has 5 heteroatoms. The summed E-state index contributed by atoms with van der Waals surface area (Å²) in [7, 11) is 1.50. The van der Waals surface area contributed by atoms with Gasteiger partial charge in [0.15, 0.2) is 0 Å². The standard InChI is InChI=1S/C7H11N3OS.2C2H6/c1-4-3-5(8)6(12-4)7(11)10(2)9;2*1-2/h3H,8-9H2,1-2H3;2*1-2H3. The molecule has 0 saturated carbocycles. The summed E-state index contributed by atoms with van der Waals surface area (Å²) in [5.74, 6) is 5.04. The highest BCUT2D eigenvalue weighted by Gasteiger charge is 2.14. The number of nitrogens with zero attached hydrogens (tertiary/aromatic N) is 1. The van der Waals surface area contributed by atoms with Gasteiger partial charge in [-0.1, -0.05) is 27.7 Å². The molecule has 0 spiro atoms. The third kappa shape index (κ3) is 5.14. The van der Waals surface area contributed by atoms with E-state index in [-0.39, 0.29) is 5.91 Å². The first-order valence-electron chi connectivity index (χ1n) is 5.41. The number of rotatable bonds is 1. The fourth-order valence-corrected chi connectivity index (χ4v) is 1.78. The average Bonchev–Trinajstić information content (AvgIpc) is 2.62. The van der Waals surface area contributed by atoms with Crippen LogP contribution < -0.4 is 11.6 Å². The second-order valence-corrected chi connectivity index (χ2v) is 3.81. The van der Waals surface area contributed by atoms with Gasteiger partial charge in [0.1, 0.15) is 4.88 Å². The van der Waals surface area contributed by atoms with Crippen LogP contribution >= 0.6 is 11.3 Å². The molecule has 0 fully saturated rings. The smallest absolute Gasteiger partial charge is 0.279 e. The number of hydrazine groups is 1.